The molecule has 0 radical (unpaired) electrons. The minimum absolute atomic E-state index is 0.0864. The first-order valence-corrected chi connectivity index (χ1v) is 3.36. The number of nitrogens with two attached hydrogens (primary N) is 1. The highest BCUT2D eigenvalue weighted by Crippen LogP contribution is 2.33. The normalized spacial score (nSPS) is 21.0. The zero-order valence-electron chi connectivity index (χ0n) is 6.05. The number of hydrogen-bond donors (Lipinski definition) is 2. The molecule has 1 saturated carbocycles. The molecule has 0 spiro atoms. The maximum Gasteiger partial charge on any atom is 0.243 e. The van der Waals surface area contributed by atoms with E-state index in [9.17, 15) is 4.79 Å². The van der Waals surface area contributed by atoms with Gasteiger partial charge in [-0.1, -0.05) is 6.08 Å². The summed E-state index contributed by atoms with van der Waals surface area (Å²) in [7, 11) is 1.60. The van der Waals surface area contributed by atoms with E-state index >= 15 is 0 Å². The summed E-state index contributed by atoms with van der Waals surface area (Å²) in [6, 6.07) is 0. The minimum atomic E-state index is -0.160. The average molecular weight is 140 g/mol. The number of rotatable bonds is 2. The van der Waals surface area contributed by atoms with E-state index in [1.165, 1.54) is 6.08 Å². The van der Waals surface area contributed by atoms with Crippen molar-refractivity contribution in [1.29, 1.82) is 0 Å². The maximum atomic E-state index is 10.6. The second-order valence-electron chi connectivity index (χ2n) is 2.68. The second kappa shape index (κ2) is 2.42. The van der Waals surface area contributed by atoms with Crippen LogP contribution in [0.2, 0.25) is 0 Å². The Bertz CT molecular complexity index is 170. The van der Waals surface area contributed by atoms with Gasteiger partial charge in [0.05, 0.1) is 0 Å². The van der Waals surface area contributed by atoms with Crippen molar-refractivity contribution in [3.63, 3.8) is 0 Å². The van der Waals surface area contributed by atoms with Crippen molar-refractivity contribution in [2.45, 2.75) is 18.4 Å². The van der Waals surface area contributed by atoms with Crippen LogP contribution < -0.4 is 11.1 Å². The van der Waals surface area contributed by atoms with Crippen LogP contribution in [0.4, 0.5) is 0 Å². The highest BCUT2D eigenvalue weighted by Gasteiger charge is 2.35. The molecule has 3 nitrogen and oxygen atoms in total. The summed E-state index contributed by atoms with van der Waals surface area (Å²) in [6.07, 6.45) is 5.26. The van der Waals surface area contributed by atoms with Gasteiger partial charge < -0.3 is 11.1 Å². The molecule has 1 amide bonds. The Hall–Kier alpha value is -0.830. The molecule has 3 N–H and O–H groups in total. The van der Waals surface area contributed by atoms with Gasteiger partial charge in [-0.05, 0) is 12.8 Å². The summed E-state index contributed by atoms with van der Waals surface area (Å²) in [5.41, 5.74) is 5.52. The summed E-state index contributed by atoms with van der Waals surface area (Å²) < 4.78 is 0. The minimum Gasteiger partial charge on any atom is -0.356 e. The van der Waals surface area contributed by atoms with E-state index in [4.69, 9.17) is 5.73 Å². The van der Waals surface area contributed by atoms with Crippen LogP contribution in [0.15, 0.2) is 12.2 Å². The van der Waals surface area contributed by atoms with Crippen molar-refractivity contribution in [2.24, 2.45) is 5.73 Å². The highest BCUT2D eigenvalue weighted by molar-refractivity contribution is 5.87. The Morgan fingerprint density at radius 2 is 2.30 bits per heavy atom. The second-order valence-corrected chi connectivity index (χ2v) is 2.68. The number of nitrogens with one attached hydrogen (secondary N) is 1. The van der Waals surface area contributed by atoms with Gasteiger partial charge in [0, 0.05) is 18.7 Å². The summed E-state index contributed by atoms with van der Waals surface area (Å²) in [5, 5.41) is 2.48. The lowest BCUT2D eigenvalue weighted by Crippen LogP contribution is -2.20. The number of likely N-dealkylation sites (N-methyl/N-ethyl adjacent to an activating group) is 1. The third-order valence-electron chi connectivity index (χ3n) is 1.64. The summed E-state index contributed by atoms with van der Waals surface area (Å²) in [5.74, 6) is -0.0864. The SMILES string of the molecule is CNC(=O)C=CC1(N)CC1. The molecule has 0 aromatic carbocycles. The fourth-order valence-electron chi connectivity index (χ4n) is 0.636. The van der Waals surface area contributed by atoms with Gasteiger partial charge in [0.15, 0.2) is 0 Å². The van der Waals surface area contributed by atoms with E-state index in [1.807, 2.05) is 0 Å². The number of amides is 1. The van der Waals surface area contributed by atoms with Crippen molar-refractivity contribution < 1.29 is 4.79 Å². The zero-order chi connectivity index (χ0) is 7.61. The van der Waals surface area contributed by atoms with Crippen LogP contribution in [0.5, 0.6) is 0 Å². The lowest BCUT2D eigenvalue weighted by atomic mass is 10.2. The van der Waals surface area contributed by atoms with Crippen LogP contribution in [0.25, 0.3) is 0 Å². The van der Waals surface area contributed by atoms with Crippen LogP contribution in [0, 0.1) is 0 Å². The maximum absolute atomic E-state index is 10.6. The lowest BCUT2D eigenvalue weighted by molar-refractivity contribution is -0.116. The highest BCUT2D eigenvalue weighted by atomic mass is 16.1. The van der Waals surface area contributed by atoms with Gasteiger partial charge in [0.2, 0.25) is 5.91 Å². The molecule has 0 atom stereocenters. The monoisotopic (exact) mass is 140 g/mol. The fraction of sp³-hybridized carbons (Fsp3) is 0.571. The van der Waals surface area contributed by atoms with Crippen molar-refractivity contribution in [3.8, 4) is 0 Å². The predicted molar refractivity (Wildman–Crippen MR) is 39.4 cm³/mol. The van der Waals surface area contributed by atoms with E-state index < -0.39 is 0 Å². The van der Waals surface area contributed by atoms with Crippen LogP contribution >= 0.6 is 0 Å². The molecule has 1 aliphatic carbocycles. The molecule has 1 rings (SSSR count). The molecule has 0 aromatic rings. The van der Waals surface area contributed by atoms with Gasteiger partial charge in [0.25, 0.3) is 0 Å². The van der Waals surface area contributed by atoms with E-state index in [0.29, 0.717) is 0 Å². The van der Waals surface area contributed by atoms with E-state index in [0.717, 1.165) is 12.8 Å². The molecular weight excluding hydrogens is 128 g/mol. The third kappa shape index (κ3) is 1.84. The molecule has 1 fully saturated rings. The largest absolute Gasteiger partial charge is 0.356 e. The fourth-order valence-corrected chi connectivity index (χ4v) is 0.636. The molecule has 0 unspecified atom stereocenters. The number of carbonyl (C=O) groups excluding carboxylic acids is 1. The third-order valence-corrected chi connectivity index (χ3v) is 1.64. The first-order valence-electron chi connectivity index (χ1n) is 3.36. The Kier molecular flexibility index (Phi) is 1.76. The molecule has 56 valence electrons. The number of hydrogen-bond acceptors (Lipinski definition) is 2. The molecule has 0 aromatic heterocycles. The van der Waals surface area contributed by atoms with Crippen molar-refractivity contribution >= 4 is 5.91 Å². The summed E-state index contributed by atoms with van der Waals surface area (Å²) in [6.45, 7) is 0. The molecule has 0 bridgehead atoms. The van der Waals surface area contributed by atoms with E-state index in [-0.39, 0.29) is 11.4 Å². The Labute approximate surface area is 60.3 Å². The van der Waals surface area contributed by atoms with Crippen LogP contribution in [0.3, 0.4) is 0 Å². The first kappa shape index (κ1) is 7.28. The van der Waals surface area contributed by atoms with Gasteiger partial charge in [-0.25, -0.2) is 0 Å². The van der Waals surface area contributed by atoms with Crippen molar-refractivity contribution in [2.75, 3.05) is 7.05 Å². The van der Waals surface area contributed by atoms with Gasteiger partial charge in [-0.15, -0.1) is 0 Å². The Morgan fingerprint density at radius 3 is 2.70 bits per heavy atom. The van der Waals surface area contributed by atoms with E-state index in [2.05, 4.69) is 5.32 Å². The van der Waals surface area contributed by atoms with E-state index in [1.54, 1.807) is 13.1 Å². The quantitative estimate of drug-likeness (QED) is 0.521. The van der Waals surface area contributed by atoms with Gasteiger partial charge in [0.1, 0.15) is 0 Å². The molecule has 3 heteroatoms. The topological polar surface area (TPSA) is 55.1 Å². The summed E-state index contributed by atoms with van der Waals surface area (Å²) in [4.78, 5) is 10.6. The van der Waals surface area contributed by atoms with Crippen molar-refractivity contribution in [3.05, 3.63) is 12.2 Å². The lowest BCUT2D eigenvalue weighted by Gasteiger charge is -1.97. The van der Waals surface area contributed by atoms with Gasteiger partial charge in [-0.2, -0.15) is 0 Å². The molecule has 0 aliphatic heterocycles. The first-order chi connectivity index (χ1) is 4.66. The number of carbonyl (C=O) groups is 1. The van der Waals surface area contributed by atoms with Crippen LogP contribution in [-0.4, -0.2) is 18.5 Å². The molecule has 1 aliphatic rings. The van der Waals surface area contributed by atoms with Crippen LogP contribution in [-0.2, 0) is 4.79 Å². The van der Waals surface area contributed by atoms with Crippen LogP contribution in [0.1, 0.15) is 12.8 Å². The zero-order valence-corrected chi connectivity index (χ0v) is 6.05. The molecular formula is C7H12N2O. The standard InChI is InChI=1S/C7H12N2O/c1-9-6(10)2-3-7(8)4-5-7/h2-3H,4-5,8H2,1H3,(H,9,10). The summed E-state index contributed by atoms with van der Waals surface area (Å²) >= 11 is 0. The van der Waals surface area contributed by atoms with Crippen molar-refractivity contribution in [1.82, 2.24) is 5.32 Å². The Morgan fingerprint density at radius 1 is 1.70 bits per heavy atom. The van der Waals surface area contributed by atoms with Gasteiger partial charge >= 0.3 is 0 Å². The average Bonchev–Trinajstić information content (AvgIpc) is 2.64. The molecule has 10 heavy (non-hydrogen) atoms. The molecule has 0 heterocycles. The molecule has 0 saturated heterocycles. The van der Waals surface area contributed by atoms with Gasteiger partial charge in [-0.3, -0.25) is 4.79 Å². The Balaban J connectivity index is 2.36. The smallest absolute Gasteiger partial charge is 0.243 e. The predicted octanol–water partition coefficient (Wildman–Crippen LogP) is -0.220.